The van der Waals surface area contributed by atoms with Crippen LogP contribution < -0.4 is 5.32 Å². The minimum atomic E-state index is -5.02. The first-order valence-electron chi connectivity index (χ1n) is 6.61. The van der Waals surface area contributed by atoms with Crippen LogP contribution in [0.1, 0.15) is 18.9 Å². The van der Waals surface area contributed by atoms with E-state index >= 15 is 0 Å². The van der Waals surface area contributed by atoms with Gasteiger partial charge in [0.2, 0.25) is 15.9 Å². The van der Waals surface area contributed by atoms with Gasteiger partial charge in [-0.15, -0.1) is 0 Å². The summed E-state index contributed by atoms with van der Waals surface area (Å²) < 4.78 is 77.0. The summed E-state index contributed by atoms with van der Waals surface area (Å²) in [5, 5.41) is 2.24. The van der Waals surface area contributed by atoms with Gasteiger partial charge in [-0.05, 0) is 24.6 Å². The van der Waals surface area contributed by atoms with Gasteiger partial charge in [-0.3, -0.25) is 4.79 Å². The quantitative estimate of drug-likeness (QED) is 0.793. The second-order valence-electron chi connectivity index (χ2n) is 4.65. The van der Waals surface area contributed by atoms with E-state index in [0.29, 0.717) is 12.5 Å². The highest BCUT2D eigenvalue weighted by atomic mass is 32.2. The van der Waals surface area contributed by atoms with Gasteiger partial charge in [-0.25, -0.2) is 12.8 Å². The maximum absolute atomic E-state index is 13.3. The number of hydrogen-bond donors (Lipinski definition) is 1. The van der Waals surface area contributed by atoms with Gasteiger partial charge in [0.1, 0.15) is 5.82 Å². The van der Waals surface area contributed by atoms with Gasteiger partial charge in [0.05, 0.1) is 17.0 Å². The largest absolute Gasteiger partial charge is 0.419 e. The molecule has 0 saturated carbocycles. The van der Waals surface area contributed by atoms with Crippen LogP contribution in [0.3, 0.4) is 0 Å². The molecule has 0 unspecified atom stereocenters. The smallest absolute Gasteiger partial charge is 0.358 e. The van der Waals surface area contributed by atoms with Gasteiger partial charge in [0.25, 0.3) is 0 Å². The molecule has 0 spiro atoms. The number of nitrogens with one attached hydrogen (secondary N) is 1. The molecule has 0 aliphatic heterocycles. The van der Waals surface area contributed by atoms with Gasteiger partial charge < -0.3 is 5.32 Å². The number of rotatable bonds is 6. The van der Waals surface area contributed by atoms with Crippen LogP contribution >= 0.6 is 0 Å². The Hall–Kier alpha value is -1.68. The first kappa shape index (κ1) is 19.4. The summed E-state index contributed by atoms with van der Waals surface area (Å²) >= 11 is 0. The summed E-state index contributed by atoms with van der Waals surface area (Å²) in [6, 6.07) is 1.42. The topological polar surface area (TPSA) is 66.5 Å². The second kappa shape index (κ2) is 7.26. The average Bonchev–Trinajstić information content (AvgIpc) is 2.45. The maximum Gasteiger partial charge on any atom is 0.419 e. The van der Waals surface area contributed by atoms with Gasteiger partial charge in [-0.1, -0.05) is 6.92 Å². The number of sulfonamides is 1. The molecule has 0 atom stereocenters. The lowest BCUT2D eigenvalue weighted by Gasteiger charge is -2.21. The molecule has 5 nitrogen and oxygen atoms in total. The molecule has 0 aromatic heterocycles. The molecule has 0 aliphatic carbocycles. The van der Waals surface area contributed by atoms with Crippen molar-refractivity contribution in [2.75, 3.05) is 20.1 Å². The number of carbonyl (C=O) groups excluding carboxylic acids is 1. The Morgan fingerprint density at radius 2 is 1.91 bits per heavy atom. The molecule has 0 fully saturated rings. The number of amides is 1. The number of alkyl halides is 3. The lowest BCUT2D eigenvalue weighted by molar-refractivity contribution is -0.140. The highest BCUT2D eigenvalue weighted by molar-refractivity contribution is 7.89. The molecule has 0 heterocycles. The Balaban J connectivity index is 3.32. The first-order chi connectivity index (χ1) is 10.5. The predicted molar refractivity (Wildman–Crippen MR) is 74.5 cm³/mol. The lowest BCUT2D eigenvalue weighted by Crippen LogP contribution is -2.40. The van der Waals surface area contributed by atoms with Crippen molar-refractivity contribution in [3.05, 3.63) is 29.6 Å². The van der Waals surface area contributed by atoms with Crippen LogP contribution in [-0.4, -0.2) is 38.8 Å². The Morgan fingerprint density at radius 1 is 1.30 bits per heavy atom. The monoisotopic (exact) mass is 356 g/mol. The number of carbonyl (C=O) groups is 1. The number of benzene rings is 1. The van der Waals surface area contributed by atoms with Crippen LogP contribution in [0.5, 0.6) is 0 Å². The summed E-state index contributed by atoms with van der Waals surface area (Å²) in [6.45, 7) is 1.05. The molecule has 0 aliphatic rings. The molecule has 1 aromatic rings. The van der Waals surface area contributed by atoms with E-state index in [1.807, 2.05) is 0 Å². The minimum Gasteiger partial charge on any atom is -0.358 e. The van der Waals surface area contributed by atoms with E-state index in [2.05, 4.69) is 5.32 Å². The fourth-order valence-electron chi connectivity index (χ4n) is 1.80. The Labute approximate surface area is 131 Å². The van der Waals surface area contributed by atoms with Crippen molar-refractivity contribution in [2.45, 2.75) is 24.4 Å². The van der Waals surface area contributed by atoms with Gasteiger partial charge in [0, 0.05) is 13.6 Å². The third-order valence-electron chi connectivity index (χ3n) is 2.95. The molecular weight excluding hydrogens is 340 g/mol. The van der Waals surface area contributed by atoms with Crippen LogP contribution in [0.2, 0.25) is 0 Å². The van der Waals surface area contributed by atoms with Crippen LogP contribution in [0.25, 0.3) is 0 Å². The van der Waals surface area contributed by atoms with E-state index in [9.17, 15) is 30.8 Å². The zero-order valence-electron chi connectivity index (χ0n) is 12.4. The van der Waals surface area contributed by atoms with Crippen molar-refractivity contribution < 1.29 is 30.8 Å². The predicted octanol–water partition coefficient (Wildman–Crippen LogP) is 1.99. The highest BCUT2D eigenvalue weighted by Gasteiger charge is 2.36. The van der Waals surface area contributed by atoms with E-state index in [1.165, 1.54) is 7.05 Å². The summed E-state index contributed by atoms with van der Waals surface area (Å²) in [7, 11) is -3.06. The van der Waals surface area contributed by atoms with Crippen molar-refractivity contribution >= 4 is 15.9 Å². The summed E-state index contributed by atoms with van der Waals surface area (Å²) in [5.74, 6) is -2.18. The molecule has 10 heteroatoms. The van der Waals surface area contributed by atoms with Crippen LogP contribution in [0.15, 0.2) is 23.1 Å². The average molecular weight is 356 g/mol. The third kappa shape index (κ3) is 4.64. The summed E-state index contributed by atoms with van der Waals surface area (Å²) in [6.07, 6.45) is -4.67. The van der Waals surface area contributed by atoms with E-state index in [-0.39, 0.29) is 12.6 Å². The molecule has 1 aromatic carbocycles. The van der Waals surface area contributed by atoms with Crippen LogP contribution in [0.4, 0.5) is 17.6 Å². The van der Waals surface area contributed by atoms with Crippen molar-refractivity contribution in [3.63, 3.8) is 0 Å². The van der Waals surface area contributed by atoms with Crippen molar-refractivity contribution in [3.8, 4) is 0 Å². The zero-order valence-corrected chi connectivity index (χ0v) is 13.3. The first-order valence-corrected chi connectivity index (χ1v) is 8.05. The summed E-state index contributed by atoms with van der Waals surface area (Å²) in [5.41, 5.74) is -1.67. The molecule has 1 rings (SSSR count). The van der Waals surface area contributed by atoms with E-state index < -0.39 is 44.9 Å². The van der Waals surface area contributed by atoms with E-state index in [1.54, 1.807) is 6.92 Å². The van der Waals surface area contributed by atoms with Gasteiger partial charge in [0.15, 0.2) is 0 Å². The number of likely N-dealkylation sites (N-methyl/N-ethyl adjacent to an activating group) is 1. The van der Waals surface area contributed by atoms with Crippen LogP contribution in [0, 0.1) is 5.82 Å². The normalized spacial score (nSPS) is 12.5. The molecule has 0 bridgehead atoms. The van der Waals surface area contributed by atoms with Gasteiger partial charge in [-0.2, -0.15) is 17.5 Å². The molecule has 1 N–H and O–H groups in total. The van der Waals surface area contributed by atoms with E-state index in [4.69, 9.17) is 0 Å². The van der Waals surface area contributed by atoms with E-state index in [0.717, 1.165) is 10.4 Å². The minimum absolute atomic E-state index is 0.0610. The standard InChI is InChI=1S/C13H16F4N2O3S/c1-3-6-19(8-12(20)18-2)23(21,22)9-4-5-11(14)10(7-9)13(15,16)17/h4-5,7H,3,6,8H2,1-2H3,(H,18,20). The highest BCUT2D eigenvalue weighted by Crippen LogP contribution is 2.33. The SMILES string of the molecule is CCCN(CC(=O)NC)S(=O)(=O)c1ccc(F)c(C(F)(F)F)c1. The molecule has 0 radical (unpaired) electrons. The van der Waals surface area contributed by atoms with Gasteiger partial charge >= 0.3 is 6.18 Å². The maximum atomic E-state index is 13.3. The Kier molecular flexibility index (Phi) is 6.11. The third-order valence-corrected chi connectivity index (χ3v) is 4.79. The van der Waals surface area contributed by atoms with Crippen LogP contribution in [-0.2, 0) is 21.0 Å². The fourth-order valence-corrected chi connectivity index (χ4v) is 3.32. The summed E-state index contributed by atoms with van der Waals surface area (Å²) in [4.78, 5) is 10.7. The number of nitrogens with zero attached hydrogens (tertiary/aromatic N) is 1. The Bertz CT molecular complexity index is 674. The molecular formula is C13H16F4N2O3S. The van der Waals surface area contributed by atoms with Crippen molar-refractivity contribution in [1.82, 2.24) is 9.62 Å². The lowest BCUT2D eigenvalue weighted by atomic mass is 10.2. The number of halogens is 4. The molecule has 0 saturated heterocycles. The number of hydrogen-bond acceptors (Lipinski definition) is 3. The zero-order chi connectivity index (χ0) is 17.8. The Morgan fingerprint density at radius 3 is 2.39 bits per heavy atom. The van der Waals surface area contributed by atoms with Crippen molar-refractivity contribution in [2.24, 2.45) is 0 Å². The molecule has 23 heavy (non-hydrogen) atoms. The second-order valence-corrected chi connectivity index (χ2v) is 6.59. The fraction of sp³-hybridized carbons (Fsp3) is 0.462. The molecule has 1 amide bonds. The molecule has 130 valence electrons. The van der Waals surface area contributed by atoms with Crippen molar-refractivity contribution in [1.29, 1.82) is 0 Å².